The second-order valence-corrected chi connectivity index (χ2v) is 6.46. The van der Waals surface area contributed by atoms with Crippen LogP contribution < -0.4 is 10.1 Å². The third-order valence-corrected chi connectivity index (χ3v) is 4.73. The summed E-state index contributed by atoms with van der Waals surface area (Å²) in [5, 5.41) is 32.2. The lowest BCUT2D eigenvalue weighted by Crippen LogP contribution is -2.33. The van der Waals surface area contributed by atoms with E-state index in [9.17, 15) is 20.1 Å². The second-order valence-electron chi connectivity index (χ2n) is 6.46. The summed E-state index contributed by atoms with van der Waals surface area (Å²) >= 11 is 0. The zero-order valence-corrected chi connectivity index (χ0v) is 15.3. The smallest absolute Gasteiger partial charge is 0.256 e. The van der Waals surface area contributed by atoms with E-state index in [-0.39, 0.29) is 11.3 Å². The maximum Gasteiger partial charge on any atom is 0.256 e. The molecule has 11 heteroatoms. The lowest BCUT2D eigenvalue weighted by molar-refractivity contribution is -0.0511. The van der Waals surface area contributed by atoms with Gasteiger partial charge in [-0.05, 0) is 24.3 Å². The van der Waals surface area contributed by atoms with E-state index in [1.807, 2.05) is 0 Å². The SMILES string of the molecule is COc1ccc(C(=O)Nc2ncnc3c2ncn3[C@@H]2O[C@@H](CO)[C@@H](O)[C@@H]2O)cc1. The van der Waals surface area contributed by atoms with Gasteiger partial charge in [0.2, 0.25) is 0 Å². The van der Waals surface area contributed by atoms with Crippen molar-refractivity contribution >= 4 is 22.9 Å². The first-order valence-corrected chi connectivity index (χ1v) is 8.79. The van der Waals surface area contributed by atoms with Gasteiger partial charge in [0.25, 0.3) is 5.91 Å². The van der Waals surface area contributed by atoms with Crippen LogP contribution in [0.25, 0.3) is 11.2 Å². The third-order valence-electron chi connectivity index (χ3n) is 4.73. The van der Waals surface area contributed by atoms with Crippen LogP contribution in [-0.4, -0.2) is 72.8 Å². The number of aromatic nitrogens is 4. The Morgan fingerprint density at radius 3 is 2.62 bits per heavy atom. The van der Waals surface area contributed by atoms with Gasteiger partial charge in [-0.3, -0.25) is 9.36 Å². The van der Waals surface area contributed by atoms with Gasteiger partial charge >= 0.3 is 0 Å². The quantitative estimate of drug-likeness (QED) is 0.451. The van der Waals surface area contributed by atoms with Crippen molar-refractivity contribution < 1.29 is 29.6 Å². The minimum atomic E-state index is -1.28. The van der Waals surface area contributed by atoms with Crippen LogP contribution >= 0.6 is 0 Å². The molecule has 1 saturated heterocycles. The molecular weight excluding hydrogens is 382 g/mol. The van der Waals surface area contributed by atoms with Crippen LogP contribution in [0.15, 0.2) is 36.9 Å². The molecule has 0 radical (unpaired) electrons. The highest BCUT2D eigenvalue weighted by Gasteiger charge is 2.44. The predicted molar refractivity (Wildman–Crippen MR) is 99.3 cm³/mol. The molecular formula is C18H19N5O6. The van der Waals surface area contributed by atoms with E-state index < -0.39 is 37.1 Å². The largest absolute Gasteiger partial charge is 0.497 e. The Labute approximate surface area is 164 Å². The normalized spacial score (nSPS) is 24.0. The number of nitrogens with one attached hydrogen (secondary N) is 1. The molecule has 2 aromatic heterocycles. The van der Waals surface area contributed by atoms with Crippen molar-refractivity contribution in [3.8, 4) is 5.75 Å². The number of aliphatic hydroxyl groups is 3. The highest BCUT2D eigenvalue weighted by molar-refractivity contribution is 6.06. The Morgan fingerprint density at radius 1 is 1.21 bits per heavy atom. The first-order valence-electron chi connectivity index (χ1n) is 8.79. The molecule has 4 N–H and O–H groups in total. The summed E-state index contributed by atoms with van der Waals surface area (Å²) in [6.07, 6.45) is -1.85. The number of benzene rings is 1. The first kappa shape index (κ1) is 19.2. The summed E-state index contributed by atoms with van der Waals surface area (Å²) < 4.78 is 12.0. The number of rotatable bonds is 5. The van der Waals surface area contributed by atoms with Gasteiger partial charge in [0.15, 0.2) is 23.2 Å². The van der Waals surface area contributed by atoms with Crippen molar-refractivity contribution in [2.75, 3.05) is 19.0 Å². The molecule has 0 aliphatic carbocycles. The number of fused-ring (bicyclic) bond motifs is 1. The number of ether oxygens (including phenoxy) is 2. The third kappa shape index (κ3) is 3.40. The van der Waals surface area contributed by atoms with E-state index in [1.165, 1.54) is 24.3 Å². The zero-order valence-electron chi connectivity index (χ0n) is 15.3. The minimum absolute atomic E-state index is 0.182. The summed E-state index contributed by atoms with van der Waals surface area (Å²) in [5.74, 6) is 0.416. The zero-order chi connectivity index (χ0) is 20.5. The number of carbonyl (C=O) groups is 1. The van der Waals surface area contributed by atoms with Crippen molar-refractivity contribution in [2.24, 2.45) is 0 Å². The van der Waals surface area contributed by atoms with Crippen LogP contribution in [0, 0.1) is 0 Å². The molecule has 0 unspecified atom stereocenters. The monoisotopic (exact) mass is 401 g/mol. The van der Waals surface area contributed by atoms with Crippen LogP contribution in [0.2, 0.25) is 0 Å². The van der Waals surface area contributed by atoms with Crippen LogP contribution in [0.1, 0.15) is 16.6 Å². The number of carbonyl (C=O) groups excluding carboxylic acids is 1. The average Bonchev–Trinajstić information content (AvgIpc) is 3.30. The fourth-order valence-corrected chi connectivity index (χ4v) is 3.16. The summed E-state index contributed by atoms with van der Waals surface area (Å²) in [7, 11) is 1.54. The Bertz CT molecular complexity index is 1020. The molecule has 152 valence electrons. The van der Waals surface area contributed by atoms with Crippen LogP contribution in [0.4, 0.5) is 5.82 Å². The van der Waals surface area contributed by atoms with E-state index in [4.69, 9.17) is 9.47 Å². The van der Waals surface area contributed by atoms with E-state index in [1.54, 1.807) is 24.3 Å². The lowest BCUT2D eigenvalue weighted by Gasteiger charge is -2.16. The number of nitrogens with zero attached hydrogens (tertiary/aromatic N) is 4. The Balaban J connectivity index is 1.61. The van der Waals surface area contributed by atoms with Crippen molar-refractivity contribution in [1.29, 1.82) is 0 Å². The molecule has 1 fully saturated rings. The van der Waals surface area contributed by atoms with Gasteiger partial charge in [0.05, 0.1) is 20.0 Å². The minimum Gasteiger partial charge on any atom is -0.497 e. The highest BCUT2D eigenvalue weighted by Crippen LogP contribution is 2.32. The molecule has 3 aromatic rings. The number of anilines is 1. The Hall–Kier alpha value is -3.12. The molecule has 1 aliphatic rings. The molecule has 4 atom stereocenters. The van der Waals surface area contributed by atoms with E-state index in [0.717, 1.165) is 0 Å². The Morgan fingerprint density at radius 2 is 1.97 bits per heavy atom. The summed E-state index contributed by atoms with van der Waals surface area (Å²) in [6, 6.07) is 6.57. The molecule has 0 saturated carbocycles. The number of methoxy groups -OCH3 is 1. The molecule has 3 heterocycles. The molecule has 4 rings (SSSR count). The maximum atomic E-state index is 12.5. The van der Waals surface area contributed by atoms with Gasteiger partial charge in [-0.25, -0.2) is 15.0 Å². The summed E-state index contributed by atoms with van der Waals surface area (Å²) in [4.78, 5) is 25.0. The number of hydrogen-bond donors (Lipinski definition) is 4. The van der Waals surface area contributed by atoms with Gasteiger partial charge in [0, 0.05) is 5.56 Å². The molecule has 1 amide bonds. The number of hydrogen-bond acceptors (Lipinski definition) is 9. The van der Waals surface area contributed by atoms with Crippen LogP contribution in [-0.2, 0) is 4.74 Å². The topological polar surface area (TPSA) is 152 Å². The second kappa shape index (κ2) is 7.72. The van der Waals surface area contributed by atoms with Crippen LogP contribution in [0.3, 0.4) is 0 Å². The standard InChI is InChI=1S/C18H19N5O6/c1-28-10-4-2-9(3-5-10)17(27)22-15-12-16(20-7-19-15)23(8-21-12)18-14(26)13(25)11(6-24)29-18/h2-5,7-8,11,13-14,18,24-26H,6H2,1H3,(H,19,20,22,27)/t11-,13+,14-,18+/m0/s1. The van der Waals surface area contributed by atoms with Gasteiger partial charge < -0.3 is 30.1 Å². The predicted octanol–water partition coefficient (Wildman–Crippen LogP) is -0.301. The fourth-order valence-electron chi connectivity index (χ4n) is 3.16. The van der Waals surface area contributed by atoms with E-state index in [0.29, 0.717) is 17.0 Å². The molecule has 29 heavy (non-hydrogen) atoms. The van der Waals surface area contributed by atoms with Gasteiger partial charge in [-0.2, -0.15) is 0 Å². The van der Waals surface area contributed by atoms with Crippen molar-refractivity contribution in [1.82, 2.24) is 19.5 Å². The molecule has 1 aliphatic heterocycles. The van der Waals surface area contributed by atoms with Gasteiger partial charge in [-0.15, -0.1) is 0 Å². The lowest BCUT2D eigenvalue weighted by atomic mass is 10.1. The van der Waals surface area contributed by atoms with Crippen molar-refractivity contribution in [3.05, 3.63) is 42.5 Å². The van der Waals surface area contributed by atoms with Gasteiger partial charge in [0.1, 0.15) is 30.4 Å². The van der Waals surface area contributed by atoms with Gasteiger partial charge in [-0.1, -0.05) is 0 Å². The highest BCUT2D eigenvalue weighted by atomic mass is 16.6. The Kier molecular flexibility index (Phi) is 5.11. The fraction of sp³-hybridized carbons (Fsp3) is 0.333. The first-order chi connectivity index (χ1) is 14.0. The summed E-state index contributed by atoms with van der Waals surface area (Å²) in [5.41, 5.74) is 0.979. The number of imidazole rings is 1. The summed E-state index contributed by atoms with van der Waals surface area (Å²) in [6.45, 7) is -0.445. The average molecular weight is 401 g/mol. The molecule has 1 aromatic carbocycles. The molecule has 11 nitrogen and oxygen atoms in total. The van der Waals surface area contributed by atoms with Crippen LogP contribution in [0.5, 0.6) is 5.75 Å². The van der Waals surface area contributed by atoms with Crippen molar-refractivity contribution in [2.45, 2.75) is 24.5 Å². The van der Waals surface area contributed by atoms with Crippen molar-refractivity contribution in [3.63, 3.8) is 0 Å². The molecule has 0 bridgehead atoms. The number of aliphatic hydroxyl groups excluding tert-OH is 3. The van der Waals surface area contributed by atoms with E-state index in [2.05, 4.69) is 20.3 Å². The maximum absolute atomic E-state index is 12.5. The van der Waals surface area contributed by atoms with E-state index >= 15 is 0 Å². The molecule has 0 spiro atoms. The number of amides is 1.